The van der Waals surface area contributed by atoms with Crippen LogP contribution in [0.3, 0.4) is 0 Å². The molecule has 1 aliphatic heterocycles. The highest BCUT2D eigenvalue weighted by Gasteiger charge is 2.22. The summed E-state index contributed by atoms with van der Waals surface area (Å²) >= 11 is 0. The molecule has 0 spiro atoms. The summed E-state index contributed by atoms with van der Waals surface area (Å²) in [6.07, 6.45) is 5.37. The van der Waals surface area contributed by atoms with E-state index in [1.54, 1.807) is 0 Å². The van der Waals surface area contributed by atoms with Gasteiger partial charge < -0.3 is 10.2 Å². The van der Waals surface area contributed by atoms with Gasteiger partial charge in [-0.05, 0) is 58.8 Å². The zero-order valence-corrected chi connectivity index (χ0v) is 10.1. The summed E-state index contributed by atoms with van der Waals surface area (Å²) in [5.74, 6) is 0.915. The van der Waals surface area contributed by atoms with Crippen molar-refractivity contribution in [2.45, 2.75) is 45.6 Å². The molecule has 2 nitrogen and oxygen atoms in total. The molecule has 2 heteroatoms. The van der Waals surface area contributed by atoms with Crippen molar-refractivity contribution < 1.29 is 0 Å². The third kappa shape index (κ3) is 3.58. The van der Waals surface area contributed by atoms with Crippen LogP contribution in [0, 0.1) is 5.92 Å². The quantitative estimate of drug-likeness (QED) is 0.728. The third-order valence-electron chi connectivity index (χ3n) is 3.63. The Morgan fingerprint density at radius 3 is 2.57 bits per heavy atom. The molecule has 14 heavy (non-hydrogen) atoms. The van der Waals surface area contributed by atoms with E-state index in [4.69, 9.17) is 0 Å². The normalized spacial score (nSPS) is 21.4. The van der Waals surface area contributed by atoms with Crippen LogP contribution in [-0.2, 0) is 0 Å². The van der Waals surface area contributed by atoms with Gasteiger partial charge in [-0.15, -0.1) is 0 Å². The molecule has 0 aromatic heterocycles. The first-order chi connectivity index (χ1) is 6.75. The second-order valence-electron chi connectivity index (χ2n) is 4.66. The predicted octanol–water partition coefficient (Wildman–Crippen LogP) is 2.11. The number of hydrogen-bond donors (Lipinski definition) is 1. The maximum Gasteiger partial charge on any atom is 0.00930 e. The van der Waals surface area contributed by atoms with Crippen molar-refractivity contribution in [3.8, 4) is 0 Å². The highest BCUT2D eigenvalue weighted by molar-refractivity contribution is 4.78. The highest BCUT2D eigenvalue weighted by Crippen LogP contribution is 2.19. The summed E-state index contributed by atoms with van der Waals surface area (Å²) in [6, 6.07) is 0.767. The summed E-state index contributed by atoms with van der Waals surface area (Å²) in [5, 5.41) is 3.43. The summed E-state index contributed by atoms with van der Waals surface area (Å²) in [5.41, 5.74) is 0. The van der Waals surface area contributed by atoms with E-state index in [1.165, 1.54) is 45.3 Å². The molecular formula is C12H26N2. The number of nitrogens with zero attached hydrogens (tertiary/aromatic N) is 1. The van der Waals surface area contributed by atoms with Crippen LogP contribution in [0.2, 0.25) is 0 Å². The Kier molecular flexibility index (Phi) is 5.49. The molecule has 1 saturated heterocycles. The van der Waals surface area contributed by atoms with Crippen molar-refractivity contribution in [3.63, 3.8) is 0 Å². The van der Waals surface area contributed by atoms with E-state index in [0.717, 1.165) is 12.0 Å². The minimum Gasteiger partial charge on any atom is -0.317 e. The van der Waals surface area contributed by atoms with E-state index >= 15 is 0 Å². The number of nitrogens with one attached hydrogen (secondary N) is 1. The molecule has 1 N–H and O–H groups in total. The molecule has 1 fully saturated rings. The second-order valence-corrected chi connectivity index (χ2v) is 4.66. The predicted molar refractivity (Wildman–Crippen MR) is 62.6 cm³/mol. The Bertz CT molecular complexity index is 141. The lowest BCUT2D eigenvalue weighted by atomic mass is 9.90. The highest BCUT2D eigenvalue weighted by atomic mass is 15.1. The average Bonchev–Trinajstić information content (AvgIpc) is 2.26. The van der Waals surface area contributed by atoms with Gasteiger partial charge in [0, 0.05) is 6.04 Å². The zero-order chi connectivity index (χ0) is 10.4. The Labute approximate surface area is 89.1 Å². The van der Waals surface area contributed by atoms with Gasteiger partial charge in [0.05, 0.1) is 0 Å². The van der Waals surface area contributed by atoms with Gasteiger partial charge in [-0.2, -0.15) is 0 Å². The molecule has 0 bridgehead atoms. The molecule has 1 atom stereocenters. The van der Waals surface area contributed by atoms with Crippen LogP contribution < -0.4 is 5.32 Å². The van der Waals surface area contributed by atoms with E-state index < -0.39 is 0 Å². The summed E-state index contributed by atoms with van der Waals surface area (Å²) < 4.78 is 0. The van der Waals surface area contributed by atoms with Crippen molar-refractivity contribution in [1.29, 1.82) is 0 Å². The monoisotopic (exact) mass is 198 g/mol. The number of rotatable bonds is 5. The zero-order valence-electron chi connectivity index (χ0n) is 10.1. The summed E-state index contributed by atoms with van der Waals surface area (Å²) in [6.45, 7) is 8.36. The number of hydrogen-bond acceptors (Lipinski definition) is 2. The average molecular weight is 198 g/mol. The molecule has 1 unspecified atom stereocenters. The van der Waals surface area contributed by atoms with Crippen molar-refractivity contribution in [1.82, 2.24) is 10.2 Å². The first kappa shape index (κ1) is 12.0. The molecule has 0 aromatic carbocycles. The molecule has 84 valence electrons. The lowest BCUT2D eigenvalue weighted by Gasteiger charge is -2.34. The fourth-order valence-corrected chi connectivity index (χ4v) is 2.30. The van der Waals surface area contributed by atoms with Crippen LogP contribution in [-0.4, -0.2) is 37.6 Å². The Hall–Kier alpha value is -0.0800. The molecule has 0 aliphatic carbocycles. The Morgan fingerprint density at radius 1 is 1.36 bits per heavy atom. The maximum absolute atomic E-state index is 3.43. The van der Waals surface area contributed by atoms with Crippen molar-refractivity contribution >= 4 is 0 Å². The second kappa shape index (κ2) is 6.41. The van der Waals surface area contributed by atoms with Crippen LogP contribution in [0.5, 0.6) is 0 Å². The minimum absolute atomic E-state index is 0.767. The molecule has 1 rings (SSSR count). The Balaban J connectivity index is 2.26. The van der Waals surface area contributed by atoms with Gasteiger partial charge in [-0.3, -0.25) is 0 Å². The first-order valence-electron chi connectivity index (χ1n) is 6.16. The molecule has 0 aromatic rings. The van der Waals surface area contributed by atoms with Crippen molar-refractivity contribution in [2.24, 2.45) is 5.92 Å². The number of piperidine rings is 1. The standard InChI is InChI=1S/C12H26N2/c1-4-5-10-14(3)11(2)12-6-8-13-9-7-12/h11-13H,4-10H2,1-3H3. The molecule has 1 heterocycles. The topological polar surface area (TPSA) is 15.3 Å². The molecule has 0 saturated carbocycles. The van der Waals surface area contributed by atoms with Gasteiger partial charge in [-0.25, -0.2) is 0 Å². The molecule has 0 amide bonds. The minimum atomic E-state index is 0.767. The molecular weight excluding hydrogens is 172 g/mol. The van der Waals surface area contributed by atoms with Crippen LogP contribution >= 0.6 is 0 Å². The fourth-order valence-electron chi connectivity index (χ4n) is 2.30. The van der Waals surface area contributed by atoms with Gasteiger partial charge in [-0.1, -0.05) is 13.3 Å². The van der Waals surface area contributed by atoms with Crippen LogP contribution in [0.4, 0.5) is 0 Å². The SMILES string of the molecule is CCCCN(C)C(C)C1CCNCC1. The maximum atomic E-state index is 3.43. The van der Waals surface area contributed by atoms with E-state index in [0.29, 0.717) is 0 Å². The van der Waals surface area contributed by atoms with Crippen LogP contribution in [0.1, 0.15) is 39.5 Å². The van der Waals surface area contributed by atoms with Gasteiger partial charge in [0.2, 0.25) is 0 Å². The largest absolute Gasteiger partial charge is 0.317 e. The lowest BCUT2D eigenvalue weighted by molar-refractivity contribution is 0.161. The third-order valence-corrected chi connectivity index (χ3v) is 3.63. The summed E-state index contributed by atoms with van der Waals surface area (Å²) in [4.78, 5) is 2.54. The van der Waals surface area contributed by atoms with Gasteiger partial charge in [0.15, 0.2) is 0 Å². The van der Waals surface area contributed by atoms with Gasteiger partial charge >= 0.3 is 0 Å². The van der Waals surface area contributed by atoms with Crippen LogP contribution in [0.25, 0.3) is 0 Å². The van der Waals surface area contributed by atoms with Gasteiger partial charge in [0.25, 0.3) is 0 Å². The summed E-state index contributed by atoms with van der Waals surface area (Å²) in [7, 11) is 2.28. The van der Waals surface area contributed by atoms with E-state index in [2.05, 4.69) is 31.1 Å². The smallest absolute Gasteiger partial charge is 0.00930 e. The van der Waals surface area contributed by atoms with Crippen LogP contribution in [0.15, 0.2) is 0 Å². The molecule has 1 aliphatic rings. The Morgan fingerprint density at radius 2 is 2.00 bits per heavy atom. The first-order valence-corrected chi connectivity index (χ1v) is 6.16. The number of unbranched alkanes of at least 4 members (excludes halogenated alkanes) is 1. The van der Waals surface area contributed by atoms with Crippen molar-refractivity contribution in [3.05, 3.63) is 0 Å². The van der Waals surface area contributed by atoms with Crippen molar-refractivity contribution in [2.75, 3.05) is 26.7 Å². The van der Waals surface area contributed by atoms with E-state index in [9.17, 15) is 0 Å². The molecule has 0 radical (unpaired) electrons. The van der Waals surface area contributed by atoms with E-state index in [-0.39, 0.29) is 0 Å². The van der Waals surface area contributed by atoms with E-state index in [1.807, 2.05) is 0 Å². The lowest BCUT2D eigenvalue weighted by Crippen LogP contribution is -2.41. The van der Waals surface area contributed by atoms with Gasteiger partial charge in [0.1, 0.15) is 0 Å². The fraction of sp³-hybridized carbons (Fsp3) is 1.00.